The number of benzene rings is 1. The summed E-state index contributed by atoms with van der Waals surface area (Å²) in [5.74, 6) is 0.349. The van der Waals surface area contributed by atoms with Gasteiger partial charge in [-0.25, -0.2) is 5.43 Å². The van der Waals surface area contributed by atoms with Crippen LogP contribution < -0.4 is 21.5 Å². The smallest absolute Gasteiger partial charge is 0.238 e. The highest BCUT2D eigenvalue weighted by atomic mass is 35.5. The first-order valence-corrected chi connectivity index (χ1v) is 8.77. The van der Waals surface area contributed by atoms with Crippen LogP contribution in [0.2, 0.25) is 10.0 Å². The average molecular weight is 394 g/mol. The lowest BCUT2D eigenvalue weighted by Crippen LogP contribution is -2.49. The molecule has 0 spiro atoms. The summed E-state index contributed by atoms with van der Waals surface area (Å²) in [4.78, 5) is 12.5. The maximum absolute atomic E-state index is 12.5. The van der Waals surface area contributed by atoms with Crippen molar-refractivity contribution in [3.05, 3.63) is 33.8 Å². The molecule has 1 aromatic carbocycles. The van der Waals surface area contributed by atoms with Gasteiger partial charge in [-0.2, -0.15) is 0 Å². The summed E-state index contributed by atoms with van der Waals surface area (Å²) < 4.78 is 0. The first-order valence-electron chi connectivity index (χ1n) is 8.01. The third kappa shape index (κ3) is 4.15. The number of carbonyl (C=O) groups is 1. The first kappa shape index (κ1) is 19.8. The molecular weight excluding hydrogens is 371 g/mol. The van der Waals surface area contributed by atoms with E-state index >= 15 is 0 Å². The lowest BCUT2D eigenvalue weighted by atomic mass is 9.89. The molecule has 0 saturated carbocycles. The van der Waals surface area contributed by atoms with Crippen LogP contribution in [-0.4, -0.2) is 37.6 Å². The lowest BCUT2D eigenvalue weighted by molar-refractivity contribution is -0.123. The van der Waals surface area contributed by atoms with Crippen molar-refractivity contribution >= 4 is 41.5 Å². The molecule has 5 nitrogen and oxygen atoms in total. The van der Waals surface area contributed by atoms with Gasteiger partial charge >= 0.3 is 0 Å². The first-order chi connectivity index (χ1) is 11.1. The van der Waals surface area contributed by atoms with Crippen molar-refractivity contribution in [1.29, 1.82) is 0 Å². The van der Waals surface area contributed by atoms with Crippen LogP contribution in [0, 0.1) is 5.92 Å². The minimum Gasteiger partial charge on any atom is -0.354 e. The van der Waals surface area contributed by atoms with E-state index in [0.29, 0.717) is 22.6 Å². The zero-order valence-electron chi connectivity index (χ0n) is 13.4. The lowest BCUT2D eigenvalue weighted by Gasteiger charge is -2.27. The van der Waals surface area contributed by atoms with Crippen molar-refractivity contribution in [3.63, 3.8) is 0 Å². The Hall–Kier alpha value is -0.560. The summed E-state index contributed by atoms with van der Waals surface area (Å²) in [6.45, 7) is 4.37. The van der Waals surface area contributed by atoms with Crippen molar-refractivity contribution in [2.75, 3.05) is 19.6 Å². The summed E-state index contributed by atoms with van der Waals surface area (Å²) in [7, 11) is 0. The van der Waals surface area contributed by atoms with E-state index in [0.717, 1.165) is 25.1 Å². The van der Waals surface area contributed by atoms with Crippen LogP contribution >= 0.6 is 35.6 Å². The fourth-order valence-electron chi connectivity index (χ4n) is 3.42. The number of hydrogen-bond acceptors (Lipinski definition) is 4. The topological polar surface area (TPSA) is 65.2 Å². The van der Waals surface area contributed by atoms with Crippen molar-refractivity contribution in [2.24, 2.45) is 5.92 Å². The van der Waals surface area contributed by atoms with Gasteiger partial charge in [-0.3, -0.25) is 10.2 Å². The van der Waals surface area contributed by atoms with Gasteiger partial charge in [0.2, 0.25) is 5.91 Å². The van der Waals surface area contributed by atoms with Gasteiger partial charge in [0.1, 0.15) is 6.04 Å². The highest BCUT2D eigenvalue weighted by Gasteiger charge is 2.41. The minimum atomic E-state index is -0.207. The predicted octanol–water partition coefficient (Wildman–Crippen LogP) is 2.09. The number of amides is 1. The van der Waals surface area contributed by atoms with Crippen LogP contribution in [0.15, 0.2) is 18.2 Å². The molecule has 8 heteroatoms. The molecule has 2 aliphatic heterocycles. The molecule has 4 unspecified atom stereocenters. The summed E-state index contributed by atoms with van der Waals surface area (Å²) in [6, 6.07) is 5.62. The van der Waals surface area contributed by atoms with E-state index in [1.165, 1.54) is 0 Å². The zero-order valence-corrected chi connectivity index (χ0v) is 15.8. The molecule has 24 heavy (non-hydrogen) atoms. The molecule has 2 heterocycles. The number of piperidine rings is 1. The average Bonchev–Trinajstić information content (AvgIpc) is 2.96. The van der Waals surface area contributed by atoms with Crippen LogP contribution in [0.1, 0.15) is 24.8 Å². The Morgan fingerprint density at radius 1 is 1.33 bits per heavy atom. The number of halogens is 3. The standard InChI is InChI=1S/C16H22Cl2N4O.ClH/c1-9(14-11(17)3-2-4-12(14)18)7-20-16(23)15-10-8-19-6-5-13(10)21-22-15;/h2-4,9-10,13,15,19,21-22H,5-8H2,1H3,(H,20,23);1H. The molecule has 0 radical (unpaired) electrons. The Morgan fingerprint density at radius 3 is 2.75 bits per heavy atom. The number of nitrogens with one attached hydrogen (secondary N) is 4. The van der Waals surface area contributed by atoms with Crippen LogP contribution in [0.5, 0.6) is 0 Å². The normalized spacial score (nSPS) is 27.0. The van der Waals surface area contributed by atoms with E-state index < -0.39 is 0 Å². The van der Waals surface area contributed by atoms with Crippen LogP contribution in [-0.2, 0) is 4.79 Å². The van der Waals surface area contributed by atoms with Gasteiger partial charge < -0.3 is 10.6 Å². The SMILES string of the molecule is CC(CNC(=O)C1NNC2CCNCC21)c1c(Cl)cccc1Cl.Cl. The Kier molecular flexibility index (Phi) is 7.16. The number of carbonyl (C=O) groups excluding carboxylic acids is 1. The number of fused-ring (bicyclic) bond motifs is 1. The maximum atomic E-state index is 12.5. The van der Waals surface area contributed by atoms with Gasteiger partial charge in [0, 0.05) is 41.0 Å². The molecule has 0 bridgehead atoms. The molecule has 1 amide bonds. The van der Waals surface area contributed by atoms with Gasteiger partial charge in [0.25, 0.3) is 0 Å². The Morgan fingerprint density at radius 2 is 2.04 bits per heavy atom. The van der Waals surface area contributed by atoms with Crippen LogP contribution in [0.25, 0.3) is 0 Å². The fraction of sp³-hybridized carbons (Fsp3) is 0.562. The van der Waals surface area contributed by atoms with Gasteiger partial charge in [-0.05, 0) is 30.7 Å². The van der Waals surface area contributed by atoms with E-state index in [1.807, 2.05) is 25.1 Å². The molecule has 2 aliphatic rings. The highest BCUT2D eigenvalue weighted by molar-refractivity contribution is 6.36. The summed E-state index contributed by atoms with van der Waals surface area (Å²) in [6.07, 6.45) is 1.03. The van der Waals surface area contributed by atoms with E-state index in [-0.39, 0.29) is 36.2 Å². The minimum absolute atomic E-state index is 0. The van der Waals surface area contributed by atoms with E-state index in [1.54, 1.807) is 0 Å². The third-order valence-corrected chi connectivity index (χ3v) is 5.40. The van der Waals surface area contributed by atoms with Crippen molar-refractivity contribution in [1.82, 2.24) is 21.5 Å². The monoisotopic (exact) mass is 392 g/mol. The quantitative estimate of drug-likeness (QED) is 0.632. The van der Waals surface area contributed by atoms with Crippen molar-refractivity contribution in [2.45, 2.75) is 31.3 Å². The summed E-state index contributed by atoms with van der Waals surface area (Å²) >= 11 is 12.5. The molecule has 0 aliphatic carbocycles. The second kappa shape index (κ2) is 8.70. The molecule has 1 aromatic rings. The number of hydrogen-bond donors (Lipinski definition) is 4. The maximum Gasteiger partial charge on any atom is 0.238 e. The third-order valence-electron chi connectivity index (χ3n) is 4.74. The number of rotatable bonds is 4. The van der Waals surface area contributed by atoms with Gasteiger partial charge in [0.05, 0.1) is 0 Å². The van der Waals surface area contributed by atoms with Gasteiger partial charge in [0.15, 0.2) is 0 Å². The molecule has 2 fully saturated rings. The zero-order chi connectivity index (χ0) is 16.4. The van der Waals surface area contributed by atoms with Crippen molar-refractivity contribution in [3.8, 4) is 0 Å². The summed E-state index contributed by atoms with van der Waals surface area (Å²) in [5, 5.41) is 7.65. The second-order valence-corrected chi connectivity index (χ2v) is 7.13. The van der Waals surface area contributed by atoms with Crippen molar-refractivity contribution < 1.29 is 4.79 Å². The van der Waals surface area contributed by atoms with Gasteiger partial charge in [-0.1, -0.05) is 36.2 Å². The molecule has 4 atom stereocenters. The summed E-state index contributed by atoms with van der Waals surface area (Å²) in [5.41, 5.74) is 7.24. The largest absolute Gasteiger partial charge is 0.354 e. The molecule has 134 valence electrons. The molecule has 3 rings (SSSR count). The van der Waals surface area contributed by atoms with Gasteiger partial charge in [-0.15, -0.1) is 12.4 Å². The van der Waals surface area contributed by atoms with E-state index in [4.69, 9.17) is 23.2 Å². The van der Waals surface area contributed by atoms with Crippen LogP contribution in [0.3, 0.4) is 0 Å². The predicted molar refractivity (Wildman–Crippen MR) is 100.0 cm³/mol. The van der Waals surface area contributed by atoms with E-state index in [9.17, 15) is 4.79 Å². The highest BCUT2D eigenvalue weighted by Crippen LogP contribution is 2.31. The molecule has 2 saturated heterocycles. The molecule has 4 N–H and O–H groups in total. The second-order valence-electron chi connectivity index (χ2n) is 6.31. The van der Waals surface area contributed by atoms with E-state index in [2.05, 4.69) is 21.5 Å². The number of hydrazine groups is 1. The fourth-order valence-corrected chi connectivity index (χ4v) is 4.19. The Balaban J connectivity index is 0.00000208. The molecule has 0 aromatic heterocycles. The van der Waals surface area contributed by atoms with Crippen LogP contribution in [0.4, 0.5) is 0 Å². The Bertz CT molecular complexity index is 566. The molecular formula is C16H23Cl3N4O. The Labute approximate surface area is 158 Å².